The second-order valence-electron chi connectivity index (χ2n) is 3.85. The molecular formula is C13H10N2O2S. The highest BCUT2D eigenvalue weighted by molar-refractivity contribution is 7.13. The first-order valence-corrected chi connectivity index (χ1v) is 6.29. The fourth-order valence-corrected chi connectivity index (χ4v) is 2.57. The number of phenolic OH excluding ortho intramolecular Hbond substituents is 1. The zero-order chi connectivity index (χ0) is 12.5. The van der Waals surface area contributed by atoms with Crippen LogP contribution in [0.1, 0.15) is 5.76 Å². The fourth-order valence-electron chi connectivity index (χ4n) is 1.72. The minimum absolute atomic E-state index is 0.237. The van der Waals surface area contributed by atoms with E-state index in [1.54, 1.807) is 18.3 Å². The van der Waals surface area contributed by atoms with E-state index in [0.29, 0.717) is 0 Å². The molecule has 1 aromatic carbocycles. The van der Waals surface area contributed by atoms with Gasteiger partial charge in [-0.3, -0.25) is 0 Å². The number of thiazole rings is 1. The number of para-hydroxylation sites is 1. The van der Waals surface area contributed by atoms with Crippen LogP contribution in [0.15, 0.2) is 40.4 Å². The molecule has 0 spiro atoms. The van der Waals surface area contributed by atoms with Crippen LogP contribution in [0.4, 0.5) is 0 Å². The number of benzene rings is 1. The third-order valence-corrected chi connectivity index (χ3v) is 3.54. The van der Waals surface area contributed by atoms with Gasteiger partial charge in [-0.2, -0.15) is 0 Å². The SMILES string of the molecule is Cc1oncc1-c1csc(-c2ccccc2O)n1. The Morgan fingerprint density at radius 2 is 2.06 bits per heavy atom. The third kappa shape index (κ3) is 1.78. The summed E-state index contributed by atoms with van der Waals surface area (Å²) in [5.74, 6) is 0.976. The Labute approximate surface area is 108 Å². The van der Waals surface area contributed by atoms with Crippen LogP contribution in [0.3, 0.4) is 0 Å². The van der Waals surface area contributed by atoms with Crippen molar-refractivity contribution in [1.82, 2.24) is 10.1 Å². The van der Waals surface area contributed by atoms with E-state index in [1.165, 1.54) is 11.3 Å². The zero-order valence-corrected chi connectivity index (χ0v) is 10.4. The van der Waals surface area contributed by atoms with Crippen molar-refractivity contribution in [2.24, 2.45) is 0 Å². The molecule has 0 fully saturated rings. The van der Waals surface area contributed by atoms with Crippen molar-refractivity contribution in [1.29, 1.82) is 0 Å². The van der Waals surface area contributed by atoms with Crippen molar-refractivity contribution in [3.05, 3.63) is 41.6 Å². The molecule has 0 unspecified atom stereocenters. The number of rotatable bonds is 2. The highest BCUT2D eigenvalue weighted by Gasteiger charge is 2.13. The van der Waals surface area contributed by atoms with Crippen molar-refractivity contribution in [3.63, 3.8) is 0 Å². The quantitative estimate of drug-likeness (QED) is 0.764. The van der Waals surface area contributed by atoms with E-state index < -0.39 is 0 Å². The molecule has 3 aromatic rings. The van der Waals surface area contributed by atoms with E-state index in [4.69, 9.17) is 4.52 Å². The van der Waals surface area contributed by atoms with Gasteiger partial charge in [0.15, 0.2) is 0 Å². The monoisotopic (exact) mass is 258 g/mol. The smallest absolute Gasteiger partial charge is 0.143 e. The van der Waals surface area contributed by atoms with Gasteiger partial charge in [0.25, 0.3) is 0 Å². The molecule has 4 nitrogen and oxygen atoms in total. The molecule has 2 heterocycles. The molecule has 0 aliphatic heterocycles. The highest BCUT2D eigenvalue weighted by Crippen LogP contribution is 2.34. The summed E-state index contributed by atoms with van der Waals surface area (Å²) in [4.78, 5) is 4.50. The van der Waals surface area contributed by atoms with Gasteiger partial charge in [0, 0.05) is 5.38 Å². The number of hydrogen-bond acceptors (Lipinski definition) is 5. The first-order chi connectivity index (χ1) is 8.75. The number of phenols is 1. The van der Waals surface area contributed by atoms with Gasteiger partial charge in [-0.05, 0) is 19.1 Å². The molecule has 1 N–H and O–H groups in total. The summed E-state index contributed by atoms with van der Waals surface area (Å²) in [5, 5.41) is 16.2. The second-order valence-corrected chi connectivity index (χ2v) is 4.71. The van der Waals surface area contributed by atoms with E-state index in [1.807, 2.05) is 24.4 Å². The fraction of sp³-hybridized carbons (Fsp3) is 0.0769. The Balaban J connectivity index is 2.05. The average Bonchev–Trinajstić information content (AvgIpc) is 2.98. The van der Waals surface area contributed by atoms with Crippen LogP contribution < -0.4 is 0 Å². The van der Waals surface area contributed by atoms with E-state index in [0.717, 1.165) is 27.6 Å². The minimum Gasteiger partial charge on any atom is -0.507 e. The van der Waals surface area contributed by atoms with E-state index in [2.05, 4.69) is 10.1 Å². The second kappa shape index (κ2) is 4.27. The van der Waals surface area contributed by atoms with Crippen LogP contribution in [0.2, 0.25) is 0 Å². The zero-order valence-electron chi connectivity index (χ0n) is 9.62. The standard InChI is InChI=1S/C13H10N2O2S/c1-8-10(6-14-17-8)11-7-18-13(15-11)9-4-2-3-5-12(9)16/h2-7,16H,1H3. The number of aromatic nitrogens is 2. The van der Waals surface area contributed by atoms with Crippen molar-refractivity contribution in [2.45, 2.75) is 6.92 Å². The van der Waals surface area contributed by atoms with Crippen molar-refractivity contribution in [2.75, 3.05) is 0 Å². The maximum atomic E-state index is 9.79. The number of nitrogens with zero attached hydrogens (tertiary/aromatic N) is 2. The number of aromatic hydroxyl groups is 1. The molecule has 0 amide bonds. The number of aryl methyl sites for hydroxylation is 1. The lowest BCUT2D eigenvalue weighted by atomic mass is 10.2. The van der Waals surface area contributed by atoms with E-state index in [9.17, 15) is 5.11 Å². The molecule has 18 heavy (non-hydrogen) atoms. The molecule has 2 aromatic heterocycles. The summed E-state index contributed by atoms with van der Waals surface area (Å²) in [7, 11) is 0. The Morgan fingerprint density at radius 3 is 2.78 bits per heavy atom. The van der Waals surface area contributed by atoms with Gasteiger partial charge in [-0.1, -0.05) is 17.3 Å². The normalized spacial score (nSPS) is 10.7. The molecule has 0 saturated heterocycles. The summed E-state index contributed by atoms with van der Waals surface area (Å²) in [6.45, 7) is 1.85. The Hall–Kier alpha value is -2.14. The predicted molar refractivity (Wildman–Crippen MR) is 69.4 cm³/mol. The van der Waals surface area contributed by atoms with Gasteiger partial charge in [-0.25, -0.2) is 4.98 Å². The van der Waals surface area contributed by atoms with Crippen LogP contribution in [-0.2, 0) is 0 Å². The van der Waals surface area contributed by atoms with Gasteiger partial charge in [0.2, 0.25) is 0 Å². The van der Waals surface area contributed by atoms with Gasteiger partial charge in [0.05, 0.1) is 23.0 Å². The summed E-state index contributed by atoms with van der Waals surface area (Å²) in [6.07, 6.45) is 1.65. The minimum atomic E-state index is 0.237. The van der Waals surface area contributed by atoms with Crippen LogP contribution in [0.5, 0.6) is 5.75 Å². The molecular weight excluding hydrogens is 248 g/mol. The van der Waals surface area contributed by atoms with E-state index >= 15 is 0 Å². The third-order valence-electron chi connectivity index (χ3n) is 2.67. The molecule has 0 radical (unpaired) electrons. The molecule has 0 saturated carbocycles. The van der Waals surface area contributed by atoms with Crippen LogP contribution in [-0.4, -0.2) is 15.2 Å². The molecule has 0 aliphatic rings. The van der Waals surface area contributed by atoms with Crippen molar-refractivity contribution >= 4 is 11.3 Å². The summed E-state index contributed by atoms with van der Waals surface area (Å²) >= 11 is 1.48. The van der Waals surface area contributed by atoms with Crippen LogP contribution in [0.25, 0.3) is 21.8 Å². The van der Waals surface area contributed by atoms with Gasteiger partial charge < -0.3 is 9.63 Å². The van der Waals surface area contributed by atoms with E-state index in [-0.39, 0.29) is 5.75 Å². The van der Waals surface area contributed by atoms with Gasteiger partial charge in [-0.15, -0.1) is 11.3 Å². The summed E-state index contributed by atoms with van der Waals surface area (Å²) in [6, 6.07) is 7.16. The lowest BCUT2D eigenvalue weighted by Crippen LogP contribution is -1.80. The topological polar surface area (TPSA) is 59.2 Å². The number of hydrogen-bond donors (Lipinski definition) is 1. The lowest BCUT2D eigenvalue weighted by Gasteiger charge is -1.98. The largest absolute Gasteiger partial charge is 0.507 e. The van der Waals surface area contributed by atoms with Crippen molar-refractivity contribution in [3.8, 4) is 27.6 Å². The van der Waals surface area contributed by atoms with Crippen molar-refractivity contribution < 1.29 is 9.63 Å². The van der Waals surface area contributed by atoms with Crippen LogP contribution >= 0.6 is 11.3 Å². The first kappa shape index (κ1) is 11.0. The molecule has 0 atom stereocenters. The van der Waals surface area contributed by atoms with Crippen LogP contribution in [0, 0.1) is 6.92 Å². The predicted octanol–water partition coefficient (Wildman–Crippen LogP) is 3.48. The maximum absolute atomic E-state index is 9.79. The highest BCUT2D eigenvalue weighted by atomic mass is 32.1. The van der Waals surface area contributed by atoms with Gasteiger partial charge in [0.1, 0.15) is 16.5 Å². The Morgan fingerprint density at radius 1 is 1.22 bits per heavy atom. The molecule has 0 bridgehead atoms. The lowest BCUT2D eigenvalue weighted by molar-refractivity contribution is 0.398. The average molecular weight is 258 g/mol. The molecule has 5 heteroatoms. The summed E-state index contributed by atoms with van der Waals surface area (Å²) in [5.41, 5.74) is 2.44. The maximum Gasteiger partial charge on any atom is 0.143 e. The molecule has 3 rings (SSSR count). The molecule has 0 aliphatic carbocycles. The summed E-state index contributed by atoms with van der Waals surface area (Å²) < 4.78 is 5.02. The first-order valence-electron chi connectivity index (χ1n) is 5.41. The Kier molecular flexibility index (Phi) is 2.60. The molecule has 90 valence electrons. The van der Waals surface area contributed by atoms with Gasteiger partial charge >= 0.3 is 0 Å². The Bertz CT molecular complexity index is 688.